The van der Waals surface area contributed by atoms with Crippen LogP contribution in [-0.2, 0) is 0 Å². The molecular formula is C5H9FN2O. The van der Waals surface area contributed by atoms with Crippen molar-refractivity contribution in [1.82, 2.24) is 10.6 Å². The number of hydrogen-bond donors (Lipinski definition) is 2. The first-order valence-corrected chi connectivity index (χ1v) is 2.46. The molecule has 4 heteroatoms. The Morgan fingerprint density at radius 2 is 2.22 bits per heavy atom. The van der Waals surface area contributed by atoms with Crippen LogP contribution >= 0.6 is 0 Å². The first-order chi connectivity index (χ1) is 4.20. The summed E-state index contributed by atoms with van der Waals surface area (Å²) in [5.41, 5.74) is 0.189. The Bertz CT molecular complexity index is 133. The summed E-state index contributed by atoms with van der Waals surface area (Å²) < 4.78 is 11.5. The van der Waals surface area contributed by atoms with Crippen molar-refractivity contribution in [3.63, 3.8) is 0 Å². The summed E-state index contributed by atoms with van der Waals surface area (Å²) in [6.45, 7) is 1.45. The highest BCUT2D eigenvalue weighted by Gasteiger charge is 1.93. The standard InChI is InChI=1S/C5H9FN2O/c1-4(3-6)8-5(9)7-2/h3H,1-2H3,(H2,7,8,9)/b4-3-. The average molecular weight is 132 g/mol. The predicted octanol–water partition coefficient (Wildman–Crippen LogP) is 0.746. The van der Waals surface area contributed by atoms with E-state index < -0.39 is 6.03 Å². The maximum absolute atomic E-state index is 11.5. The fourth-order valence-electron chi connectivity index (χ4n) is 0.269. The lowest BCUT2D eigenvalue weighted by Gasteiger charge is -1.99. The van der Waals surface area contributed by atoms with Gasteiger partial charge in [0.15, 0.2) is 0 Å². The highest BCUT2D eigenvalue weighted by molar-refractivity contribution is 5.75. The monoisotopic (exact) mass is 132 g/mol. The highest BCUT2D eigenvalue weighted by Crippen LogP contribution is 1.84. The van der Waals surface area contributed by atoms with Crippen LogP contribution in [0.4, 0.5) is 9.18 Å². The minimum absolute atomic E-state index is 0.189. The van der Waals surface area contributed by atoms with Gasteiger partial charge in [0.25, 0.3) is 0 Å². The van der Waals surface area contributed by atoms with Gasteiger partial charge in [-0.15, -0.1) is 0 Å². The number of rotatable bonds is 1. The second-order valence-electron chi connectivity index (χ2n) is 1.50. The number of carbonyl (C=O) groups is 1. The molecule has 0 saturated heterocycles. The maximum atomic E-state index is 11.5. The number of allylic oxidation sites excluding steroid dienone is 1. The molecule has 0 radical (unpaired) electrons. The third-order valence-electron chi connectivity index (χ3n) is 0.701. The Hall–Kier alpha value is -1.06. The van der Waals surface area contributed by atoms with Gasteiger partial charge in [0, 0.05) is 12.7 Å². The highest BCUT2D eigenvalue weighted by atomic mass is 19.1. The summed E-state index contributed by atoms with van der Waals surface area (Å²) in [7, 11) is 1.46. The zero-order valence-electron chi connectivity index (χ0n) is 5.36. The lowest BCUT2D eigenvalue weighted by Crippen LogP contribution is -2.31. The molecule has 0 fully saturated rings. The van der Waals surface area contributed by atoms with Crippen LogP contribution in [-0.4, -0.2) is 13.1 Å². The summed E-state index contributed by atoms with van der Waals surface area (Å²) in [5.74, 6) is 0. The summed E-state index contributed by atoms with van der Waals surface area (Å²) in [6, 6.07) is -0.415. The van der Waals surface area contributed by atoms with Crippen LogP contribution in [0.15, 0.2) is 12.0 Å². The average Bonchev–Trinajstić information content (AvgIpc) is 1.87. The Kier molecular flexibility index (Phi) is 3.43. The van der Waals surface area contributed by atoms with E-state index in [1.54, 1.807) is 0 Å². The molecule has 2 amide bonds. The first kappa shape index (κ1) is 7.94. The number of nitrogens with one attached hydrogen (secondary N) is 2. The minimum atomic E-state index is -0.415. The van der Waals surface area contributed by atoms with Crippen LogP contribution in [0.25, 0.3) is 0 Å². The van der Waals surface area contributed by atoms with E-state index in [0.717, 1.165) is 0 Å². The van der Waals surface area contributed by atoms with Crippen LogP contribution in [0, 0.1) is 0 Å². The molecule has 0 saturated carbocycles. The number of halogens is 1. The molecule has 0 aliphatic carbocycles. The van der Waals surface area contributed by atoms with Crippen molar-refractivity contribution in [3.8, 4) is 0 Å². The third kappa shape index (κ3) is 3.52. The van der Waals surface area contributed by atoms with Gasteiger partial charge in [-0.25, -0.2) is 9.18 Å². The molecular weight excluding hydrogens is 123 g/mol. The van der Waals surface area contributed by atoms with E-state index >= 15 is 0 Å². The van der Waals surface area contributed by atoms with Crippen LogP contribution in [0.2, 0.25) is 0 Å². The number of carbonyl (C=O) groups excluding carboxylic acids is 1. The molecule has 0 aliphatic rings. The van der Waals surface area contributed by atoms with Crippen molar-refractivity contribution in [2.75, 3.05) is 7.05 Å². The molecule has 0 atom stereocenters. The molecule has 0 spiro atoms. The van der Waals surface area contributed by atoms with Gasteiger partial charge in [0.2, 0.25) is 0 Å². The van der Waals surface area contributed by atoms with E-state index in [9.17, 15) is 9.18 Å². The molecule has 0 aliphatic heterocycles. The number of amides is 2. The van der Waals surface area contributed by atoms with Crippen molar-refractivity contribution < 1.29 is 9.18 Å². The van der Waals surface area contributed by atoms with Crippen molar-refractivity contribution >= 4 is 6.03 Å². The second kappa shape index (κ2) is 3.88. The Balaban J connectivity index is 3.60. The molecule has 0 unspecified atom stereocenters. The van der Waals surface area contributed by atoms with Gasteiger partial charge in [0.05, 0.1) is 0 Å². The number of urea groups is 1. The van der Waals surface area contributed by atoms with Crippen molar-refractivity contribution in [3.05, 3.63) is 12.0 Å². The summed E-state index contributed by atoms with van der Waals surface area (Å²) in [6.07, 6.45) is 0.329. The molecule has 0 bridgehead atoms. The van der Waals surface area contributed by atoms with Gasteiger partial charge < -0.3 is 10.6 Å². The van der Waals surface area contributed by atoms with Crippen molar-refractivity contribution in [1.29, 1.82) is 0 Å². The SMILES string of the molecule is CNC(=O)N/C(C)=C\F. The van der Waals surface area contributed by atoms with E-state index in [1.165, 1.54) is 14.0 Å². The molecule has 3 nitrogen and oxygen atoms in total. The maximum Gasteiger partial charge on any atom is 0.318 e. The Morgan fingerprint density at radius 3 is 2.56 bits per heavy atom. The molecule has 9 heavy (non-hydrogen) atoms. The fraction of sp³-hybridized carbons (Fsp3) is 0.400. The van der Waals surface area contributed by atoms with Gasteiger partial charge in [-0.05, 0) is 6.92 Å². The van der Waals surface area contributed by atoms with Crippen LogP contribution < -0.4 is 10.6 Å². The van der Waals surface area contributed by atoms with Gasteiger partial charge in [-0.3, -0.25) is 0 Å². The summed E-state index contributed by atoms with van der Waals surface area (Å²) in [5, 5.41) is 4.49. The zero-order chi connectivity index (χ0) is 7.28. The van der Waals surface area contributed by atoms with Crippen LogP contribution in [0.3, 0.4) is 0 Å². The molecule has 2 N–H and O–H groups in total. The van der Waals surface area contributed by atoms with E-state index in [-0.39, 0.29) is 5.70 Å². The molecule has 0 aromatic carbocycles. The second-order valence-corrected chi connectivity index (χ2v) is 1.50. The molecule has 0 aromatic heterocycles. The van der Waals surface area contributed by atoms with Gasteiger partial charge in [-0.2, -0.15) is 0 Å². The quantitative estimate of drug-likeness (QED) is 0.543. The van der Waals surface area contributed by atoms with E-state index in [1.807, 2.05) is 0 Å². The molecule has 0 aromatic rings. The minimum Gasteiger partial charge on any atom is -0.341 e. The third-order valence-corrected chi connectivity index (χ3v) is 0.701. The summed E-state index contributed by atoms with van der Waals surface area (Å²) in [4.78, 5) is 10.4. The lowest BCUT2D eigenvalue weighted by molar-refractivity contribution is 0.245. The zero-order valence-corrected chi connectivity index (χ0v) is 5.36. The van der Waals surface area contributed by atoms with Gasteiger partial charge in [0.1, 0.15) is 6.33 Å². The molecule has 52 valence electrons. The van der Waals surface area contributed by atoms with Crippen molar-refractivity contribution in [2.24, 2.45) is 0 Å². The molecule has 0 heterocycles. The van der Waals surface area contributed by atoms with Crippen molar-refractivity contribution in [2.45, 2.75) is 6.92 Å². The van der Waals surface area contributed by atoms with E-state index in [2.05, 4.69) is 10.6 Å². The van der Waals surface area contributed by atoms with Crippen LogP contribution in [0.5, 0.6) is 0 Å². The topological polar surface area (TPSA) is 41.1 Å². The predicted molar refractivity (Wildman–Crippen MR) is 32.5 cm³/mol. The largest absolute Gasteiger partial charge is 0.341 e. The summed E-state index contributed by atoms with van der Waals surface area (Å²) >= 11 is 0. The van der Waals surface area contributed by atoms with E-state index in [4.69, 9.17) is 0 Å². The smallest absolute Gasteiger partial charge is 0.318 e. The van der Waals surface area contributed by atoms with E-state index in [0.29, 0.717) is 6.33 Å². The Labute approximate surface area is 52.9 Å². The van der Waals surface area contributed by atoms with Gasteiger partial charge in [-0.1, -0.05) is 0 Å². The number of hydrogen-bond acceptors (Lipinski definition) is 1. The lowest BCUT2D eigenvalue weighted by atomic mass is 10.6. The van der Waals surface area contributed by atoms with Gasteiger partial charge >= 0.3 is 6.03 Å². The molecule has 0 rings (SSSR count). The normalized spacial score (nSPS) is 10.8. The Morgan fingerprint density at radius 1 is 1.67 bits per heavy atom. The van der Waals surface area contributed by atoms with Crippen LogP contribution in [0.1, 0.15) is 6.92 Å². The first-order valence-electron chi connectivity index (χ1n) is 2.46. The fourth-order valence-corrected chi connectivity index (χ4v) is 0.269.